The van der Waals surface area contributed by atoms with E-state index >= 15 is 0 Å². The summed E-state index contributed by atoms with van der Waals surface area (Å²) in [7, 11) is 0. The monoisotopic (exact) mass is 352 g/mol. The molecular formula is C19H24N6O. The zero-order valence-corrected chi connectivity index (χ0v) is 15.2. The standard InChI is InChI=1S/C19H24N6O/c1-14(2)25-11-8-21-18(25)15-5-9-24(10-6-15)13-17-22-23-19(26-17)16-4-3-7-20-12-16/h3-4,7-8,11-12,14-15H,5-6,9-10,13H2,1-2H3. The first-order valence-corrected chi connectivity index (χ1v) is 9.18. The molecule has 0 bridgehead atoms. The van der Waals surface area contributed by atoms with E-state index in [1.54, 1.807) is 12.4 Å². The van der Waals surface area contributed by atoms with Crippen LogP contribution in [0.15, 0.2) is 41.3 Å². The predicted molar refractivity (Wildman–Crippen MR) is 97.4 cm³/mol. The second-order valence-corrected chi connectivity index (χ2v) is 7.08. The van der Waals surface area contributed by atoms with Crippen molar-refractivity contribution in [2.45, 2.75) is 45.2 Å². The van der Waals surface area contributed by atoms with Gasteiger partial charge in [-0.15, -0.1) is 10.2 Å². The number of rotatable bonds is 5. The van der Waals surface area contributed by atoms with E-state index in [2.05, 4.69) is 49.7 Å². The van der Waals surface area contributed by atoms with Crippen LogP contribution in [0.2, 0.25) is 0 Å². The van der Waals surface area contributed by atoms with Crippen molar-refractivity contribution in [3.8, 4) is 11.5 Å². The zero-order chi connectivity index (χ0) is 17.9. The molecule has 3 aromatic rings. The number of nitrogens with zero attached hydrogens (tertiary/aromatic N) is 6. The SMILES string of the molecule is CC(C)n1ccnc1C1CCN(Cc2nnc(-c3cccnc3)o2)CC1. The molecule has 0 atom stereocenters. The smallest absolute Gasteiger partial charge is 0.249 e. The predicted octanol–water partition coefficient (Wildman–Crippen LogP) is 3.29. The van der Waals surface area contributed by atoms with Crippen LogP contribution in [-0.2, 0) is 6.54 Å². The van der Waals surface area contributed by atoms with E-state index in [1.165, 1.54) is 5.82 Å². The molecule has 1 aliphatic rings. The molecule has 1 saturated heterocycles. The van der Waals surface area contributed by atoms with Crippen LogP contribution in [0.5, 0.6) is 0 Å². The Bertz CT molecular complexity index is 833. The summed E-state index contributed by atoms with van der Waals surface area (Å²) in [5.41, 5.74) is 0.852. The topological polar surface area (TPSA) is 72.9 Å². The van der Waals surface area contributed by atoms with Gasteiger partial charge in [0.2, 0.25) is 11.8 Å². The van der Waals surface area contributed by atoms with Gasteiger partial charge in [-0.25, -0.2) is 4.98 Å². The van der Waals surface area contributed by atoms with E-state index in [4.69, 9.17) is 4.42 Å². The van der Waals surface area contributed by atoms with Crippen LogP contribution in [-0.4, -0.2) is 42.7 Å². The number of aromatic nitrogens is 5. The van der Waals surface area contributed by atoms with Crippen LogP contribution in [0.1, 0.15) is 50.4 Å². The first-order chi connectivity index (χ1) is 12.7. The molecule has 4 heterocycles. The van der Waals surface area contributed by atoms with Crippen molar-refractivity contribution in [2.75, 3.05) is 13.1 Å². The van der Waals surface area contributed by atoms with Gasteiger partial charge < -0.3 is 8.98 Å². The van der Waals surface area contributed by atoms with Crippen LogP contribution in [0.4, 0.5) is 0 Å². The Hall–Kier alpha value is -2.54. The van der Waals surface area contributed by atoms with Gasteiger partial charge in [-0.05, 0) is 51.9 Å². The third-order valence-electron chi connectivity index (χ3n) is 4.94. The van der Waals surface area contributed by atoms with Gasteiger partial charge in [-0.3, -0.25) is 9.88 Å². The van der Waals surface area contributed by atoms with Gasteiger partial charge in [0.15, 0.2) is 0 Å². The number of hydrogen-bond acceptors (Lipinski definition) is 6. The van der Waals surface area contributed by atoms with Gasteiger partial charge in [0.1, 0.15) is 5.82 Å². The Balaban J connectivity index is 1.36. The van der Waals surface area contributed by atoms with E-state index in [-0.39, 0.29) is 0 Å². The Morgan fingerprint density at radius 2 is 2.04 bits per heavy atom. The van der Waals surface area contributed by atoms with Gasteiger partial charge in [0.05, 0.1) is 12.1 Å². The van der Waals surface area contributed by atoms with Gasteiger partial charge in [0.25, 0.3) is 0 Å². The van der Waals surface area contributed by atoms with Crippen molar-refractivity contribution in [1.29, 1.82) is 0 Å². The highest BCUT2D eigenvalue weighted by molar-refractivity contribution is 5.49. The van der Waals surface area contributed by atoms with Crippen molar-refractivity contribution in [2.24, 2.45) is 0 Å². The minimum absolute atomic E-state index is 0.454. The van der Waals surface area contributed by atoms with E-state index in [9.17, 15) is 0 Å². The fraction of sp³-hybridized carbons (Fsp3) is 0.474. The number of pyridine rings is 1. The van der Waals surface area contributed by atoms with Crippen molar-refractivity contribution in [3.63, 3.8) is 0 Å². The lowest BCUT2D eigenvalue weighted by Gasteiger charge is -2.31. The molecule has 7 heteroatoms. The largest absolute Gasteiger partial charge is 0.419 e. The van der Waals surface area contributed by atoms with Crippen LogP contribution in [0.3, 0.4) is 0 Å². The van der Waals surface area contributed by atoms with Crippen molar-refractivity contribution < 1.29 is 4.42 Å². The molecule has 0 radical (unpaired) electrons. The Morgan fingerprint density at radius 3 is 2.77 bits per heavy atom. The fourth-order valence-corrected chi connectivity index (χ4v) is 3.54. The van der Waals surface area contributed by atoms with Crippen LogP contribution < -0.4 is 0 Å². The maximum atomic E-state index is 5.80. The summed E-state index contributed by atoms with van der Waals surface area (Å²) >= 11 is 0. The van der Waals surface area contributed by atoms with Crippen LogP contribution in [0, 0.1) is 0 Å². The average Bonchev–Trinajstić information content (AvgIpc) is 3.33. The Labute approximate surface area is 153 Å². The maximum absolute atomic E-state index is 5.80. The second-order valence-electron chi connectivity index (χ2n) is 7.08. The van der Waals surface area contributed by atoms with Gasteiger partial charge in [-0.2, -0.15) is 0 Å². The first kappa shape index (κ1) is 16.9. The highest BCUT2D eigenvalue weighted by Crippen LogP contribution is 2.29. The zero-order valence-electron chi connectivity index (χ0n) is 15.2. The summed E-state index contributed by atoms with van der Waals surface area (Å²) in [5, 5.41) is 8.33. The molecule has 26 heavy (non-hydrogen) atoms. The van der Waals surface area contributed by atoms with Gasteiger partial charge in [-0.1, -0.05) is 0 Å². The summed E-state index contributed by atoms with van der Waals surface area (Å²) in [6.07, 6.45) is 9.68. The highest BCUT2D eigenvalue weighted by atomic mass is 16.4. The van der Waals surface area contributed by atoms with Crippen LogP contribution in [0.25, 0.3) is 11.5 Å². The third-order valence-corrected chi connectivity index (χ3v) is 4.94. The van der Waals surface area contributed by atoms with Crippen molar-refractivity contribution in [3.05, 3.63) is 48.6 Å². The molecule has 0 aliphatic carbocycles. The molecule has 136 valence electrons. The molecule has 7 nitrogen and oxygen atoms in total. The quantitative estimate of drug-likeness (QED) is 0.701. The highest BCUT2D eigenvalue weighted by Gasteiger charge is 2.25. The molecule has 0 spiro atoms. The summed E-state index contributed by atoms with van der Waals surface area (Å²) < 4.78 is 8.09. The van der Waals surface area contributed by atoms with Crippen LogP contribution >= 0.6 is 0 Å². The minimum atomic E-state index is 0.454. The second kappa shape index (κ2) is 7.37. The summed E-state index contributed by atoms with van der Waals surface area (Å²) in [6.45, 7) is 7.13. The van der Waals surface area contributed by atoms with E-state index in [0.29, 0.717) is 30.3 Å². The molecule has 0 N–H and O–H groups in total. The lowest BCUT2D eigenvalue weighted by Crippen LogP contribution is -2.33. The average molecular weight is 352 g/mol. The lowest BCUT2D eigenvalue weighted by atomic mass is 9.95. The number of imidazole rings is 1. The number of piperidine rings is 1. The minimum Gasteiger partial charge on any atom is -0.419 e. The molecular weight excluding hydrogens is 328 g/mol. The molecule has 0 amide bonds. The van der Waals surface area contributed by atoms with Gasteiger partial charge >= 0.3 is 0 Å². The molecule has 0 saturated carbocycles. The third kappa shape index (κ3) is 3.53. The van der Waals surface area contributed by atoms with Gasteiger partial charge in [0, 0.05) is 36.7 Å². The van der Waals surface area contributed by atoms with E-state index < -0.39 is 0 Å². The lowest BCUT2D eigenvalue weighted by molar-refractivity contribution is 0.184. The number of hydrogen-bond donors (Lipinski definition) is 0. The number of likely N-dealkylation sites (tertiary alicyclic amines) is 1. The molecule has 4 rings (SSSR count). The summed E-state index contributed by atoms with van der Waals surface area (Å²) in [5.74, 6) is 2.93. The fourth-order valence-electron chi connectivity index (χ4n) is 3.54. The van der Waals surface area contributed by atoms with Crippen molar-refractivity contribution >= 4 is 0 Å². The molecule has 1 aliphatic heterocycles. The van der Waals surface area contributed by atoms with E-state index in [0.717, 1.165) is 31.5 Å². The summed E-state index contributed by atoms with van der Waals surface area (Å²) in [6, 6.07) is 4.24. The Morgan fingerprint density at radius 1 is 1.19 bits per heavy atom. The summed E-state index contributed by atoms with van der Waals surface area (Å²) in [4.78, 5) is 11.1. The normalized spacial score (nSPS) is 16.4. The molecule has 1 fully saturated rings. The maximum Gasteiger partial charge on any atom is 0.249 e. The molecule has 3 aromatic heterocycles. The van der Waals surface area contributed by atoms with Crippen molar-refractivity contribution in [1.82, 2.24) is 29.6 Å². The van der Waals surface area contributed by atoms with E-state index in [1.807, 2.05) is 18.3 Å². The first-order valence-electron chi connectivity index (χ1n) is 9.18. The molecule has 0 unspecified atom stereocenters. The Kier molecular flexibility index (Phi) is 4.79. The molecule has 0 aromatic carbocycles.